The predicted octanol–water partition coefficient (Wildman–Crippen LogP) is 3.29. The number of nitrogen functional groups attached to an aromatic ring is 1. The van der Waals surface area contributed by atoms with Crippen molar-refractivity contribution in [3.8, 4) is 6.07 Å². The summed E-state index contributed by atoms with van der Waals surface area (Å²) in [5, 5.41) is 9.52. The number of anilines is 1. The van der Waals surface area contributed by atoms with E-state index in [0.717, 1.165) is 11.1 Å². The predicted molar refractivity (Wildman–Crippen MR) is 74.0 cm³/mol. The van der Waals surface area contributed by atoms with Crippen LogP contribution >= 0.6 is 0 Å². The molecule has 0 aliphatic rings. The van der Waals surface area contributed by atoms with Gasteiger partial charge in [0.05, 0.1) is 11.5 Å². The highest BCUT2D eigenvalue weighted by atomic mass is 14.6. The van der Waals surface area contributed by atoms with Crippen LogP contribution < -0.4 is 5.73 Å². The Bertz CT molecular complexity index is 569. The second-order valence-corrected chi connectivity index (χ2v) is 4.69. The van der Waals surface area contributed by atoms with Crippen LogP contribution in [0.5, 0.6) is 0 Å². The van der Waals surface area contributed by atoms with E-state index in [2.05, 4.69) is 6.07 Å². The lowest BCUT2D eigenvalue weighted by molar-refractivity contribution is 0.608. The van der Waals surface area contributed by atoms with E-state index in [1.165, 1.54) is 0 Å². The highest BCUT2D eigenvalue weighted by molar-refractivity contribution is 5.53. The molecule has 0 saturated heterocycles. The summed E-state index contributed by atoms with van der Waals surface area (Å²) in [6, 6.07) is 20.0. The SMILES string of the molecule is CC(C#N)(Cc1ccccc1)c1ccccc1N. The Labute approximate surface area is 108 Å². The molecule has 0 aromatic heterocycles. The maximum absolute atomic E-state index is 9.52. The minimum atomic E-state index is -0.591. The molecular formula is C16H16N2. The quantitative estimate of drug-likeness (QED) is 0.831. The summed E-state index contributed by atoms with van der Waals surface area (Å²) in [6.07, 6.45) is 0.665. The molecule has 0 spiro atoms. The summed E-state index contributed by atoms with van der Waals surface area (Å²) in [5.74, 6) is 0. The van der Waals surface area contributed by atoms with Crippen molar-refractivity contribution < 1.29 is 0 Å². The first-order valence-corrected chi connectivity index (χ1v) is 5.96. The smallest absolute Gasteiger partial charge is 0.0854 e. The van der Waals surface area contributed by atoms with Gasteiger partial charge in [0.2, 0.25) is 0 Å². The van der Waals surface area contributed by atoms with Crippen LogP contribution in [0.15, 0.2) is 54.6 Å². The molecule has 0 saturated carbocycles. The lowest BCUT2D eigenvalue weighted by Crippen LogP contribution is -2.24. The summed E-state index contributed by atoms with van der Waals surface area (Å²) >= 11 is 0. The Morgan fingerprint density at radius 1 is 1.06 bits per heavy atom. The molecule has 18 heavy (non-hydrogen) atoms. The Hall–Kier alpha value is -2.27. The largest absolute Gasteiger partial charge is 0.398 e. The molecule has 2 nitrogen and oxygen atoms in total. The number of nitrogens with zero attached hydrogens (tertiary/aromatic N) is 1. The minimum absolute atomic E-state index is 0.591. The lowest BCUT2D eigenvalue weighted by Gasteiger charge is -2.23. The zero-order valence-electron chi connectivity index (χ0n) is 10.4. The van der Waals surface area contributed by atoms with Crippen LogP contribution in [-0.2, 0) is 11.8 Å². The molecule has 2 aromatic rings. The Morgan fingerprint density at radius 3 is 2.28 bits per heavy atom. The van der Waals surface area contributed by atoms with E-state index in [-0.39, 0.29) is 0 Å². The van der Waals surface area contributed by atoms with E-state index < -0.39 is 5.41 Å². The number of hydrogen-bond acceptors (Lipinski definition) is 2. The van der Waals surface area contributed by atoms with Crippen molar-refractivity contribution in [2.45, 2.75) is 18.8 Å². The summed E-state index contributed by atoms with van der Waals surface area (Å²) < 4.78 is 0. The van der Waals surface area contributed by atoms with Crippen molar-refractivity contribution in [3.05, 3.63) is 65.7 Å². The van der Waals surface area contributed by atoms with Crippen molar-refractivity contribution in [2.75, 3.05) is 5.73 Å². The second-order valence-electron chi connectivity index (χ2n) is 4.69. The van der Waals surface area contributed by atoms with Crippen molar-refractivity contribution in [1.82, 2.24) is 0 Å². The van der Waals surface area contributed by atoms with E-state index in [0.29, 0.717) is 12.1 Å². The average molecular weight is 236 g/mol. The van der Waals surface area contributed by atoms with Crippen LogP contribution in [0.1, 0.15) is 18.1 Å². The minimum Gasteiger partial charge on any atom is -0.398 e. The van der Waals surface area contributed by atoms with Gasteiger partial charge in [0.25, 0.3) is 0 Å². The van der Waals surface area contributed by atoms with Gasteiger partial charge in [0.1, 0.15) is 0 Å². The molecule has 0 radical (unpaired) electrons. The van der Waals surface area contributed by atoms with Gasteiger partial charge in [0, 0.05) is 5.69 Å². The molecule has 1 atom stereocenters. The molecule has 0 aliphatic carbocycles. The van der Waals surface area contributed by atoms with Crippen molar-refractivity contribution in [1.29, 1.82) is 5.26 Å². The van der Waals surface area contributed by atoms with Crippen molar-refractivity contribution >= 4 is 5.69 Å². The van der Waals surface area contributed by atoms with Gasteiger partial charge in [-0.05, 0) is 30.5 Å². The summed E-state index contributed by atoms with van der Waals surface area (Å²) in [6.45, 7) is 1.94. The van der Waals surface area contributed by atoms with E-state index in [1.54, 1.807) is 0 Å². The van der Waals surface area contributed by atoms with Gasteiger partial charge in [-0.25, -0.2) is 0 Å². The molecule has 0 bridgehead atoms. The monoisotopic (exact) mass is 236 g/mol. The summed E-state index contributed by atoms with van der Waals surface area (Å²) in [4.78, 5) is 0. The van der Waals surface area contributed by atoms with E-state index in [1.807, 2.05) is 61.5 Å². The molecule has 1 unspecified atom stereocenters. The maximum atomic E-state index is 9.52. The van der Waals surface area contributed by atoms with Gasteiger partial charge in [-0.1, -0.05) is 48.5 Å². The summed E-state index contributed by atoms with van der Waals surface area (Å²) in [5.41, 5.74) is 8.12. The molecule has 2 rings (SSSR count). The Kier molecular flexibility index (Phi) is 3.34. The highest BCUT2D eigenvalue weighted by Crippen LogP contribution is 2.31. The van der Waals surface area contributed by atoms with Crippen LogP contribution in [-0.4, -0.2) is 0 Å². The van der Waals surface area contributed by atoms with Crippen LogP contribution in [0, 0.1) is 11.3 Å². The number of nitriles is 1. The third-order valence-corrected chi connectivity index (χ3v) is 3.20. The summed E-state index contributed by atoms with van der Waals surface area (Å²) in [7, 11) is 0. The Balaban J connectivity index is 2.38. The topological polar surface area (TPSA) is 49.8 Å². The number of para-hydroxylation sites is 1. The highest BCUT2D eigenvalue weighted by Gasteiger charge is 2.28. The third-order valence-electron chi connectivity index (χ3n) is 3.20. The number of nitrogens with two attached hydrogens (primary N) is 1. The van der Waals surface area contributed by atoms with Gasteiger partial charge < -0.3 is 5.73 Å². The van der Waals surface area contributed by atoms with Gasteiger partial charge in [-0.15, -0.1) is 0 Å². The molecule has 2 N–H and O–H groups in total. The molecule has 2 heteroatoms. The fourth-order valence-corrected chi connectivity index (χ4v) is 2.20. The molecule has 0 fully saturated rings. The van der Waals surface area contributed by atoms with Crippen LogP contribution in [0.2, 0.25) is 0 Å². The molecular weight excluding hydrogens is 220 g/mol. The van der Waals surface area contributed by atoms with Gasteiger partial charge >= 0.3 is 0 Å². The first kappa shape index (κ1) is 12.2. The van der Waals surface area contributed by atoms with E-state index in [4.69, 9.17) is 5.73 Å². The number of hydrogen-bond donors (Lipinski definition) is 1. The first-order valence-electron chi connectivity index (χ1n) is 5.96. The third kappa shape index (κ3) is 2.36. The first-order chi connectivity index (χ1) is 8.65. The number of benzene rings is 2. The van der Waals surface area contributed by atoms with Gasteiger partial charge in [-0.3, -0.25) is 0 Å². The van der Waals surface area contributed by atoms with Crippen molar-refractivity contribution in [2.24, 2.45) is 0 Å². The zero-order chi connectivity index (χ0) is 13.0. The zero-order valence-corrected chi connectivity index (χ0v) is 10.4. The average Bonchev–Trinajstić information content (AvgIpc) is 2.40. The van der Waals surface area contributed by atoms with Gasteiger partial charge in [-0.2, -0.15) is 5.26 Å². The lowest BCUT2D eigenvalue weighted by atomic mass is 9.78. The fourth-order valence-electron chi connectivity index (χ4n) is 2.20. The standard InChI is InChI=1S/C16H16N2/c1-16(12-17,11-13-7-3-2-4-8-13)14-9-5-6-10-15(14)18/h2-10H,11,18H2,1H3. The molecule has 90 valence electrons. The van der Waals surface area contributed by atoms with E-state index in [9.17, 15) is 5.26 Å². The molecule has 0 heterocycles. The number of rotatable bonds is 3. The van der Waals surface area contributed by atoms with Crippen molar-refractivity contribution in [3.63, 3.8) is 0 Å². The Morgan fingerprint density at radius 2 is 1.67 bits per heavy atom. The van der Waals surface area contributed by atoms with Crippen LogP contribution in [0.3, 0.4) is 0 Å². The van der Waals surface area contributed by atoms with Gasteiger partial charge in [0.15, 0.2) is 0 Å². The van der Waals surface area contributed by atoms with E-state index >= 15 is 0 Å². The molecule has 0 aliphatic heterocycles. The molecule has 2 aromatic carbocycles. The van der Waals surface area contributed by atoms with Crippen LogP contribution in [0.4, 0.5) is 5.69 Å². The van der Waals surface area contributed by atoms with Crippen LogP contribution in [0.25, 0.3) is 0 Å². The second kappa shape index (κ2) is 4.93. The molecule has 0 amide bonds. The maximum Gasteiger partial charge on any atom is 0.0854 e. The normalized spacial score (nSPS) is 13.6. The fraction of sp³-hybridized carbons (Fsp3) is 0.188.